The smallest absolute Gasteiger partial charge is 0.248 e. The summed E-state index contributed by atoms with van der Waals surface area (Å²) in [6.07, 6.45) is 1.93. The molecule has 1 aliphatic heterocycles. The van der Waals surface area contributed by atoms with Crippen molar-refractivity contribution in [3.05, 3.63) is 71.5 Å². The van der Waals surface area contributed by atoms with Crippen LogP contribution in [0, 0.1) is 5.92 Å². The molecule has 2 aromatic carbocycles. The van der Waals surface area contributed by atoms with Crippen molar-refractivity contribution < 1.29 is 9.53 Å². The second-order valence-electron chi connectivity index (χ2n) is 7.60. The maximum Gasteiger partial charge on any atom is 0.248 e. The van der Waals surface area contributed by atoms with Gasteiger partial charge in [0.15, 0.2) is 0 Å². The molecular formula is C23H26N4O2. The molecule has 1 amide bonds. The summed E-state index contributed by atoms with van der Waals surface area (Å²) in [6.45, 7) is 2.96. The molecule has 4 rings (SSSR count). The van der Waals surface area contributed by atoms with Crippen LogP contribution in [0.1, 0.15) is 36.2 Å². The van der Waals surface area contributed by atoms with E-state index in [1.807, 2.05) is 53.2 Å². The van der Waals surface area contributed by atoms with E-state index in [2.05, 4.69) is 28.4 Å². The Labute approximate surface area is 170 Å². The van der Waals surface area contributed by atoms with Crippen LogP contribution in [0.5, 0.6) is 5.75 Å². The molecule has 2 unspecified atom stereocenters. The number of carbonyl (C=O) groups is 1. The molecule has 1 N–H and O–H groups in total. The molecule has 1 aliphatic rings. The zero-order valence-corrected chi connectivity index (χ0v) is 16.8. The normalized spacial score (nSPS) is 18.1. The number of para-hydroxylation sites is 1. The van der Waals surface area contributed by atoms with E-state index in [1.165, 1.54) is 5.56 Å². The molecule has 0 saturated carbocycles. The maximum absolute atomic E-state index is 12.3. The van der Waals surface area contributed by atoms with Crippen molar-refractivity contribution in [3.63, 3.8) is 0 Å². The topological polar surface area (TPSA) is 69.0 Å². The first-order valence-electron chi connectivity index (χ1n) is 10.0. The van der Waals surface area contributed by atoms with Gasteiger partial charge in [-0.3, -0.25) is 10.1 Å². The summed E-state index contributed by atoms with van der Waals surface area (Å²) in [5, 5.41) is 7.40. The third kappa shape index (κ3) is 4.31. The molecule has 0 aliphatic carbocycles. The minimum absolute atomic E-state index is 0.0638. The van der Waals surface area contributed by atoms with Crippen molar-refractivity contribution in [3.8, 4) is 5.75 Å². The molecular weight excluding hydrogens is 364 g/mol. The minimum Gasteiger partial charge on any atom is -0.496 e. The van der Waals surface area contributed by atoms with E-state index in [0.29, 0.717) is 30.6 Å². The number of nitrogens with one attached hydrogen (secondary N) is 1. The number of benzene rings is 2. The van der Waals surface area contributed by atoms with Crippen LogP contribution in [-0.4, -0.2) is 27.8 Å². The predicted molar refractivity (Wildman–Crippen MR) is 112 cm³/mol. The Morgan fingerprint density at radius 1 is 1.17 bits per heavy atom. The second-order valence-corrected chi connectivity index (χ2v) is 7.60. The molecule has 0 bridgehead atoms. The molecule has 0 radical (unpaired) electrons. The number of aromatic nitrogens is 3. The molecule has 0 spiro atoms. The fraction of sp³-hybridized carbons (Fsp3) is 0.348. The Morgan fingerprint density at radius 2 is 1.93 bits per heavy atom. The summed E-state index contributed by atoms with van der Waals surface area (Å²) in [4.78, 5) is 16.9. The molecule has 2 heterocycles. The summed E-state index contributed by atoms with van der Waals surface area (Å²) < 4.78 is 7.47. The number of amides is 1. The number of rotatable bonds is 6. The molecule has 3 aromatic rings. The molecule has 150 valence electrons. The third-order valence-electron chi connectivity index (χ3n) is 5.58. The predicted octanol–water partition coefficient (Wildman–Crippen LogP) is 3.83. The Bertz CT molecular complexity index is 984. The maximum atomic E-state index is 12.3. The number of hydrogen-bond acceptors (Lipinski definition) is 4. The SMILES string of the molecule is COc1ccccc1C1Cn2nc(NC(=O)CCc3ccccc3)nc2CC1C. The van der Waals surface area contributed by atoms with Gasteiger partial charge in [0.25, 0.3) is 0 Å². The van der Waals surface area contributed by atoms with Crippen molar-refractivity contribution in [1.29, 1.82) is 0 Å². The third-order valence-corrected chi connectivity index (χ3v) is 5.58. The summed E-state index contributed by atoms with van der Waals surface area (Å²) in [5.41, 5.74) is 2.34. The summed E-state index contributed by atoms with van der Waals surface area (Å²) in [7, 11) is 1.70. The lowest BCUT2D eigenvalue weighted by Crippen LogP contribution is -2.27. The average Bonchev–Trinajstić information content (AvgIpc) is 3.13. The van der Waals surface area contributed by atoms with E-state index < -0.39 is 0 Å². The Hall–Kier alpha value is -3.15. The first-order valence-corrected chi connectivity index (χ1v) is 10.0. The van der Waals surface area contributed by atoms with Gasteiger partial charge in [0.2, 0.25) is 11.9 Å². The van der Waals surface area contributed by atoms with Crippen LogP contribution in [-0.2, 0) is 24.2 Å². The minimum atomic E-state index is -0.0638. The lowest BCUT2D eigenvalue weighted by molar-refractivity contribution is -0.116. The summed E-state index contributed by atoms with van der Waals surface area (Å²) in [5.74, 6) is 2.85. The lowest BCUT2D eigenvalue weighted by atomic mass is 9.82. The van der Waals surface area contributed by atoms with Crippen molar-refractivity contribution >= 4 is 11.9 Å². The largest absolute Gasteiger partial charge is 0.496 e. The molecule has 0 saturated heterocycles. The van der Waals surface area contributed by atoms with E-state index >= 15 is 0 Å². The van der Waals surface area contributed by atoms with E-state index in [1.54, 1.807) is 7.11 Å². The van der Waals surface area contributed by atoms with Crippen LogP contribution in [0.3, 0.4) is 0 Å². The fourth-order valence-electron chi connectivity index (χ4n) is 3.99. The molecule has 29 heavy (non-hydrogen) atoms. The van der Waals surface area contributed by atoms with Crippen molar-refractivity contribution in [1.82, 2.24) is 14.8 Å². The van der Waals surface area contributed by atoms with Gasteiger partial charge < -0.3 is 4.74 Å². The summed E-state index contributed by atoms with van der Waals surface area (Å²) >= 11 is 0. The zero-order chi connectivity index (χ0) is 20.2. The molecule has 2 atom stereocenters. The van der Waals surface area contributed by atoms with Gasteiger partial charge in [-0.1, -0.05) is 55.5 Å². The van der Waals surface area contributed by atoms with Crippen molar-refractivity contribution in [2.75, 3.05) is 12.4 Å². The van der Waals surface area contributed by atoms with Gasteiger partial charge in [-0.25, -0.2) is 4.68 Å². The van der Waals surface area contributed by atoms with Crippen molar-refractivity contribution in [2.24, 2.45) is 5.92 Å². The van der Waals surface area contributed by atoms with Gasteiger partial charge in [0, 0.05) is 18.8 Å². The first kappa shape index (κ1) is 19.2. The standard InChI is InChI=1S/C23H26N4O2/c1-16-14-21-24-23(25-22(28)13-12-17-8-4-3-5-9-17)26-27(21)15-19(16)18-10-6-7-11-20(18)29-2/h3-11,16,19H,12-15H2,1-2H3,(H,25,26,28). The number of carbonyl (C=O) groups excluding carboxylic acids is 1. The van der Waals surface area contributed by atoms with Gasteiger partial charge in [-0.05, 0) is 29.5 Å². The van der Waals surface area contributed by atoms with Gasteiger partial charge in [0.05, 0.1) is 13.7 Å². The molecule has 6 nitrogen and oxygen atoms in total. The Balaban J connectivity index is 1.43. The fourth-order valence-corrected chi connectivity index (χ4v) is 3.99. The Morgan fingerprint density at radius 3 is 2.72 bits per heavy atom. The van der Waals surface area contributed by atoms with Crippen molar-refractivity contribution in [2.45, 2.75) is 38.6 Å². The highest BCUT2D eigenvalue weighted by Crippen LogP contribution is 2.37. The van der Waals surface area contributed by atoms with Gasteiger partial charge >= 0.3 is 0 Å². The first-order chi connectivity index (χ1) is 14.1. The van der Waals surface area contributed by atoms with E-state index in [-0.39, 0.29) is 5.91 Å². The van der Waals surface area contributed by atoms with E-state index in [0.717, 1.165) is 30.1 Å². The summed E-state index contributed by atoms with van der Waals surface area (Å²) in [6, 6.07) is 18.1. The molecule has 6 heteroatoms. The van der Waals surface area contributed by atoms with E-state index in [4.69, 9.17) is 4.74 Å². The van der Waals surface area contributed by atoms with Crippen LogP contribution in [0.25, 0.3) is 0 Å². The van der Waals surface area contributed by atoms with E-state index in [9.17, 15) is 4.79 Å². The quantitative estimate of drug-likeness (QED) is 0.694. The number of nitrogens with zero attached hydrogens (tertiary/aromatic N) is 3. The Kier molecular flexibility index (Phi) is 5.60. The number of hydrogen-bond donors (Lipinski definition) is 1. The van der Waals surface area contributed by atoms with Crippen LogP contribution < -0.4 is 10.1 Å². The number of methoxy groups -OCH3 is 1. The number of fused-ring (bicyclic) bond motifs is 1. The van der Waals surface area contributed by atoms with Gasteiger partial charge in [0.1, 0.15) is 11.6 Å². The molecule has 0 fully saturated rings. The highest BCUT2D eigenvalue weighted by Gasteiger charge is 2.30. The number of aryl methyl sites for hydroxylation is 1. The van der Waals surface area contributed by atoms with Gasteiger partial charge in [-0.15, -0.1) is 5.10 Å². The van der Waals surface area contributed by atoms with Crippen LogP contribution in [0.15, 0.2) is 54.6 Å². The monoisotopic (exact) mass is 390 g/mol. The second kappa shape index (κ2) is 8.47. The van der Waals surface area contributed by atoms with Gasteiger partial charge in [-0.2, -0.15) is 4.98 Å². The number of anilines is 1. The highest BCUT2D eigenvalue weighted by molar-refractivity contribution is 5.89. The lowest BCUT2D eigenvalue weighted by Gasteiger charge is -2.30. The van der Waals surface area contributed by atoms with Crippen LogP contribution >= 0.6 is 0 Å². The zero-order valence-electron chi connectivity index (χ0n) is 16.8. The average molecular weight is 390 g/mol. The van der Waals surface area contributed by atoms with Crippen LogP contribution in [0.2, 0.25) is 0 Å². The van der Waals surface area contributed by atoms with Crippen LogP contribution in [0.4, 0.5) is 5.95 Å². The molecule has 1 aromatic heterocycles. The number of ether oxygens (including phenoxy) is 1. The highest BCUT2D eigenvalue weighted by atomic mass is 16.5.